The minimum atomic E-state index is 0.416. The number of nitrogens with zero attached hydrogens (tertiary/aromatic N) is 1. The van der Waals surface area contributed by atoms with Crippen LogP contribution in [0, 0.1) is 11.3 Å². The molecule has 0 aliphatic rings. The largest absolute Gasteiger partial charge is 0.192 e. The predicted octanol–water partition coefficient (Wildman–Crippen LogP) is 4.45. The molecular formula is C15H19N. The number of rotatable bonds is 3. The second-order valence-corrected chi connectivity index (χ2v) is 4.69. The average Bonchev–Trinajstić information content (AvgIpc) is 2.26. The molecular weight excluding hydrogens is 194 g/mol. The van der Waals surface area contributed by atoms with Crippen LogP contribution in [-0.4, -0.2) is 0 Å². The Balaban J connectivity index is 3.54. The summed E-state index contributed by atoms with van der Waals surface area (Å²) >= 11 is 0. The van der Waals surface area contributed by atoms with Crippen molar-refractivity contribution in [1.29, 1.82) is 5.26 Å². The van der Waals surface area contributed by atoms with Gasteiger partial charge >= 0.3 is 0 Å². The molecule has 1 heteroatoms. The summed E-state index contributed by atoms with van der Waals surface area (Å²) in [5.41, 5.74) is 4.39. The lowest BCUT2D eigenvalue weighted by Gasteiger charge is -2.17. The van der Waals surface area contributed by atoms with E-state index in [0.29, 0.717) is 11.8 Å². The molecule has 0 unspecified atom stereocenters. The molecule has 0 aliphatic carbocycles. The Hall–Kier alpha value is -1.55. The molecule has 0 aliphatic heterocycles. The average molecular weight is 213 g/mol. The molecule has 0 amide bonds. The smallest absolute Gasteiger partial charge is 0.0991 e. The highest BCUT2D eigenvalue weighted by atomic mass is 14.3. The summed E-state index contributed by atoms with van der Waals surface area (Å²) in [5, 5.41) is 9.04. The summed E-state index contributed by atoms with van der Waals surface area (Å²) in [4.78, 5) is 0. The van der Waals surface area contributed by atoms with Crippen LogP contribution in [0.15, 0.2) is 18.7 Å². The van der Waals surface area contributed by atoms with Gasteiger partial charge in [-0.25, -0.2) is 0 Å². The van der Waals surface area contributed by atoms with Gasteiger partial charge in [0, 0.05) is 0 Å². The van der Waals surface area contributed by atoms with Crippen molar-refractivity contribution >= 4 is 6.08 Å². The maximum atomic E-state index is 9.04. The summed E-state index contributed by atoms with van der Waals surface area (Å²) in [6.07, 6.45) is 1.91. The Morgan fingerprint density at radius 1 is 1.12 bits per heavy atom. The van der Waals surface area contributed by atoms with E-state index >= 15 is 0 Å². The minimum absolute atomic E-state index is 0.416. The molecule has 0 radical (unpaired) electrons. The quantitative estimate of drug-likeness (QED) is 0.727. The van der Waals surface area contributed by atoms with E-state index < -0.39 is 0 Å². The molecule has 0 saturated carbocycles. The molecule has 0 saturated heterocycles. The zero-order valence-corrected chi connectivity index (χ0v) is 10.5. The van der Waals surface area contributed by atoms with E-state index in [0.717, 1.165) is 5.56 Å². The van der Waals surface area contributed by atoms with Gasteiger partial charge in [0.05, 0.1) is 11.6 Å². The third kappa shape index (κ3) is 2.33. The molecule has 1 aromatic carbocycles. The van der Waals surface area contributed by atoms with Gasteiger partial charge in [0.2, 0.25) is 0 Å². The normalized spacial score (nSPS) is 10.6. The Kier molecular flexibility index (Phi) is 3.90. The Morgan fingerprint density at radius 2 is 1.56 bits per heavy atom. The lowest BCUT2D eigenvalue weighted by Crippen LogP contribution is -2.01. The van der Waals surface area contributed by atoms with E-state index in [1.807, 2.05) is 18.2 Å². The standard InChI is InChI=1S/C15H19N/c1-6-13-14(10(2)3)7-12(9-16)8-15(13)11(4)5/h6-8,10-11H,1H2,2-5H3. The lowest BCUT2D eigenvalue weighted by molar-refractivity contribution is 0.828. The maximum absolute atomic E-state index is 9.04. The fourth-order valence-corrected chi connectivity index (χ4v) is 1.95. The fourth-order valence-electron chi connectivity index (χ4n) is 1.95. The highest BCUT2D eigenvalue weighted by Gasteiger charge is 2.13. The van der Waals surface area contributed by atoms with Gasteiger partial charge in [0.15, 0.2) is 0 Å². The molecule has 0 aromatic heterocycles. The molecule has 1 rings (SSSR count). The van der Waals surface area contributed by atoms with Gasteiger partial charge in [0.1, 0.15) is 0 Å². The van der Waals surface area contributed by atoms with E-state index in [2.05, 4.69) is 40.3 Å². The molecule has 0 bridgehead atoms. The molecule has 0 heterocycles. The SMILES string of the molecule is C=Cc1c(C(C)C)cc(C#N)cc1C(C)C. The summed E-state index contributed by atoms with van der Waals surface area (Å²) in [6.45, 7) is 12.5. The Bertz CT molecular complexity index is 404. The maximum Gasteiger partial charge on any atom is 0.0991 e. The van der Waals surface area contributed by atoms with Crippen LogP contribution < -0.4 is 0 Å². The third-order valence-electron chi connectivity index (χ3n) is 2.82. The lowest BCUT2D eigenvalue weighted by atomic mass is 9.87. The van der Waals surface area contributed by atoms with Crippen LogP contribution in [0.2, 0.25) is 0 Å². The number of nitriles is 1. The molecule has 1 aromatic rings. The topological polar surface area (TPSA) is 23.8 Å². The highest BCUT2D eigenvalue weighted by Crippen LogP contribution is 2.29. The van der Waals surface area contributed by atoms with Crippen LogP contribution in [0.1, 0.15) is 61.8 Å². The van der Waals surface area contributed by atoms with Crippen molar-refractivity contribution in [3.05, 3.63) is 41.0 Å². The van der Waals surface area contributed by atoms with Crippen LogP contribution in [0.3, 0.4) is 0 Å². The summed E-state index contributed by atoms with van der Waals surface area (Å²) < 4.78 is 0. The second-order valence-electron chi connectivity index (χ2n) is 4.69. The second kappa shape index (κ2) is 4.99. The Morgan fingerprint density at radius 3 is 1.81 bits per heavy atom. The van der Waals surface area contributed by atoms with Crippen molar-refractivity contribution in [2.24, 2.45) is 0 Å². The first-order valence-electron chi connectivity index (χ1n) is 5.71. The summed E-state index contributed by atoms with van der Waals surface area (Å²) in [5.74, 6) is 0.831. The van der Waals surface area contributed by atoms with Gasteiger partial charge < -0.3 is 0 Å². The molecule has 1 nitrogen and oxygen atoms in total. The van der Waals surface area contributed by atoms with Crippen LogP contribution in [0.4, 0.5) is 0 Å². The van der Waals surface area contributed by atoms with E-state index in [9.17, 15) is 0 Å². The molecule has 84 valence electrons. The number of hydrogen-bond acceptors (Lipinski definition) is 1. The van der Waals surface area contributed by atoms with Crippen molar-refractivity contribution in [3.8, 4) is 6.07 Å². The van der Waals surface area contributed by atoms with Gasteiger partial charge in [0.25, 0.3) is 0 Å². The molecule has 0 fully saturated rings. The molecule has 0 spiro atoms. The highest BCUT2D eigenvalue weighted by molar-refractivity contribution is 5.60. The monoisotopic (exact) mass is 213 g/mol. The van der Waals surface area contributed by atoms with E-state index in [1.165, 1.54) is 16.7 Å². The van der Waals surface area contributed by atoms with Gasteiger partial charge in [-0.05, 0) is 40.7 Å². The van der Waals surface area contributed by atoms with E-state index in [4.69, 9.17) is 5.26 Å². The van der Waals surface area contributed by atoms with Gasteiger partial charge in [-0.15, -0.1) is 0 Å². The third-order valence-corrected chi connectivity index (χ3v) is 2.82. The number of hydrogen-bond donors (Lipinski definition) is 0. The van der Waals surface area contributed by atoms with Crippen LogP contribution in [0.5, 0.6) is 0 Å². The van der Waals surface area contributed by atoms with E-state index in [-0.39, 0.29) is 0 Å². The molecule has 0 atom stereocenters. The van der Waals surface area contributed by atoms with Crippen molar-refractivity contribution in [1.82, 2.24) is 0 Å². The zero-order valence-electron chi connectivity index (χ0n) is 10.5. The van der Waals surface area contributed by atoms with Gasteiger partial charge in [-0.1, -0.05) is 40.3 Å². The van der Waals surface area contributed by atoms with Gasteiger partial charge in [-0.2, -0.15) is 5.26 Å². The minimum Gasteiger partial charge on any atom is -0.192 e. The molecule has 0 N–H and O–H groups in total. The number of benzene rings is 1. The summed E-state index contributed by atoms with van der Waals surface area (Å²) in [7, 11) is 0. The Labute approximate surface area is 98.4 Å². The van der Waals surface area contributed by atoms with Crippen LogP contribution in [-0.2, 0) is 0 Å². The first-order valence-corrected chi connectivity index (χ1v) is 5.71. The van der Waals surface area contributed by atoms with Crippen LogP contribution >= 0.6 is 0 Å². The first kappa shape index (κ1) is 12.5. The van der Waals surface area contributed by atoms with Crippen molar-refractivity contribution in [2.75, 3.05) is 0 Å². The van der Waals surface area contributed by atoms with E-state index in [1.54, 1.807) is 0 Å². The van der Waals surface area contributed by atoms with Crippen LogP contribution in [0.25, 0.3) is 6.08 Å². The molecule has 16 heavy (non-hydrogen) atoms. The fraction of sp³-hybridized carbons (Fsp3) is 0.400. The summed E-state index contributed by atoms with van der Waals surface area (Å²) in [6, 6.07) is 6.19. The van der Waals surface area contributed by atoms with Crippen molar-refractivity contribution in [3.63, 3.8) is 0 Å². The zero-order chi connectivity index (χ0) is 12.3. The predicted molar refractivity (Wildman–Crippen MR) is 69.4 cm³/mol. The first-order chi connectivity index (χ1) is 7.51. The van der Waals surface area contributed by atoms with Crippen molar-refractivity contribution < 1.29 is 0 Å². The van der Waals surface area contributed by atoms with Gasteiger partial charge in [-0.3, -0.25) is 0 Å². The van der Waals surface area contributed by atoms with Crippen molar-refractivity contribution in [2.45, 2.75) is 39.5 Å².